The molecule has 1 saturated heterocycles. The van der Waals surface area contributed by atoms with Gasteiger partial charge in [-0.2, -0.15) is 23.5 Å². The minimum absolute atomic E-state index is 0.182. The van der Waals surface area contributed by atoms with Crippen LogP contribution in [0.3, 0.4) is 0 Å². The Bertz CT molecular complexity index is 1670. The fourth-order valence-electron chi connectivity index (χ4n) is 5.01. The number of alkyl halides is 3. The maximum absolute atomic E-state index is 13.9. The summed E-state index contributed by atoms with van der Waals surface area (Å²) in [6.07, 6.45) is -3.33. The van der Waals surface area contributed by atoms with Crippen molar-refractivity contribution in [2.24, 2.45) is 0 Å². The summed E-state index contributed by atoms with van der Waals surface area (Å²) < 4.78 is 48.4. The Balaban J connectivity index is 1.77. The van der Waals surface area contributed by atoms with E-state index in [4.69, 9.17) is 16.3 Å². The van der Waals surface area contributed by atoms with Crippen molar-refractivity contribution in [1.82, 2.24) is 24.5 Å². The fourth-order valence-corrected chi connectivity index (χ4v) is 5.18. The van der Waals surface area contributed by atoms with E-state index < -0.39 is 35.0 Å². The van der Waals surface area contributed by atoms with Gasteiger partial charge in [0.1, 0.15) is 17.2 Å². The summed E-state index contributed by atoms with van der Waals surface area (Å²) in [7, 11) is 0. The number of hydrogen-bond acceptors (Lipinski definition) is 6. The van der Waals surface area contributed by atoms with Crippen molar-refractivity contribution in [2.45, 2.75) is 51.8 Å². The number of rotatable bonds is 2. The minimum atomic E-state index is -4.86. The molecule has 0 radical (unpaired) electrons. The number of pyridine rings is 1. The molecule has 1 aliphatic rings. The number of nitrogens with zero attached hydrogens (tertiary/aromatic N) is 6. The summed E-state index contributed by atoms with van der Waals surface area (Å²) in [6.45, 7) is 7.51. The lowest BCUT2D eigenvalue weighted by molar-refractivity contribution is -0.141. The zero-order chi connectivity index (χ0) is 28.3. The predicted octanol–water partition coefficient (Wildman–Crippen LogP) is 6.52. The quantitative estimate of drug-likeness (QED) is 0.279. The van der Waals surface area contributed by atoms with Gasteiger partial charge in [0.05, 0.1) is 11.2 Å². The van der Waals surface area contributed by atoms with Crippen molar-refractivity contribution >= 4 is 34.2 Å². The first-order chi connectivity index (χ1) is 18.3. The van der Waals surface area contributed by atoms with Crippen molar-refractivity contribution < 1.29 is 22.7 Å². The maximum Gasteiger partial charge on any atom is 0.436 e. The number of carbonyl (C=O) groups excluding carboxylic acids is 1. The Kier molecular flexibility index (Phi) is 6.42. The highest BCUT2D eigenvalue weighted by Crippen LogP contribution is 2.41. The van der Waals surface area contributed by atoms with Crippen LogP contribution in [0.5, 0.6) is 0 Å². The Morgan fingerprint density at radius 3 is 2.64 bits per heavy atom. The Morgan fingerprint density at radius 1 is 1.23 bits per heavy atom. The molecular weight excluding hydrogens is 533 g/mol. The molecule has 202 valence electrons. The molecule has 1 aromatic carbocycles. The van der Waals surface area contributed by atoms with Crippen LogP contribution in [0.15, 0.2) is 30.5 Å². The lowest BCUT2D eigenvalue weighted by Gasteiger charge is -2.25. The van der Waals surface area contributed by atoms with Crippen LogP contribution in [0.25, 0.3) is 27.7 Å². The van der Waals surface area contributed by atoms with Crippen LogP contribution < -0.4 is 0 Å². The number of aromatic nitrogens is 4. The number of aryl methyl sites for hydroxylation is 1. The lowest BCUT2D eigenvalue weighted by Crippen LogP contribution is -2.35. The van der Waals surface area contributed by atoms with Gasteiger partial charge in [0, 0.05) is 46.9 Å². The second-order valence-electron chi connectivity index (χ2n) is 10.5. The standard InChI is InChI=1S/C27H24ClF3N6O2/c1-14-21(18-7-9-33-20-11-16(28)5-6-17(18)20)22(15-8-10-36(13-15)25(38)39-26(2,3)4)37-24(34-14)19(12-32)23(35-37)27(29,30)31/h5-7,9,11,15H,8,10,13H2,1-4H3. The number of amides is 1. The smallest absolute Gasteiger partial charge is 0.436 e. The summed E-state index contributed by atoms with van der Waals surface area (Å²) in [5.41, 5.74) is -0.150. The van der Waals surface area contributed by atoms with Gasteiger partial charge in [-0.3, -0.25) is 4.98 Å². The van der Waals surface area contributed by atoms with Crippen molar-refractivity contribution in [3.8, 4) is 17.2 Å². The third kappa shape index (κ3) is 4.85. The maximum atomic E-state index is 13.9. The Morgan fingerprint density at radius 2 is 1.97 bits per heavy atom. The zero-order valence-corrected chi connectivity index (χ0v) is 22.4. The monoisotopic (exact) mass is 556 g/mol. The van der Waals surface area contributed by atoms with Gasteiger partial charge in [-0.25, -0.2) is 14.3 Å². The number of fused-ring (bicyclic) bond motifs is 2. The highest BCUT2D eigenvalue weighted by atomic mass is 35.5. The summed E-state index contributed by atoms with van der Waals surface area (Å²) in [5, 5.41) is 14.8. The first-order valence-electron chi connectivity index (χ1n) is 12.2. The Labute approximate surface area is 227 Å². The average Bonchev–Trinajstić information content (AvgIpc) is 3.46. The van der Waals surface area contributed by atoms with E-state index in [0.29, 0.717) is 46.0 Å². The molecule has 0 aliphatic carbocycles. The van der Waals surface area contributed by atoms with E-state index in [9.17, 15) is 23.2 Å². The van der Waals surface area contributed by atoms with E-state index in [-0.39, 0.29) is 12.2 Å². The van der Waals surface area contributed by atoms with E-state index in [0.717, 1.165) is 9.90 Å². The molecule has 1 fully saturated rings. The number of nitriles is 1. The average molecular weight is 557 g/mol. The number of carbonyl (C=O) groups is 1. The molecule has 0 saturated carbocycles. The molecule has 1 amide bonds. The number of hydrogen-bond donors (Lipinski definition) is 0. The van der Waals surface area contributed by atoms with Gasteiger partial charge < -0.3 is 9.64 Å². The zero-order valence-electron chi connectivity index (χ0n) is 21.6. The van der Waals surface area contributed by atoms with E-state index >= 15 is 0 Å². The van der Waals surface area contributed by atoms with Gasteiger partial charge in [0.25, 0.3) is 0 Å². The molecule has 3 aromatic heterocycles. The summed E-state index contributed by atoms with van der Waals surface area (Å²) in [5.74, 6) is -0.417. The van der Waals surface area contributed by atoms with E-state index in [1.54, 1.807) is 64.2 Å². The molecule has 4 heterocycles. The molecule has 1 atom stereocenters. The predicted molar refractivity (Wildman–Crippen MR) is 138 cm³/mol. The minimum Gasteiger partial charge on any atom is -0.444 e. The molecule has 39 heavy (non-hydrogen) atoms. The SMILES string of the molecule is Cc1nc2c(C#N)c(C(F)(F)F)nn2c(C2CCN(C(=O)OC(C)(C)C)C2)c1-c1ccnc2cc(Cl)ccc12. The molecule has 0 N–H and O–H groups in total. The summed E-state index contributed by atoms with van der Waals surface area (Å²) >= 11 is 6.18. The molecule has 0 spiro atoms. The molecule has 0 bridgehead atoms. The normalized spacial score (nSPS) is 16.2. The summed E-state index contributed by atoms with van der Waals surface area (Å²) in [4.78, 5) is 23.2. The van der Waals surface area contributed by atoms with Crippen LogP contribution in [-0.2, 0) is 10.9 Å². The third-order valence-electron chi connectivity index (χ3n) is 6.56. The summed E-state index contributed by atoms with van der Waals surface area (Å²) in [6, 6.07) is 8.60. The van der Waals surface area contributed by atoms with Gasteiger partial charge in [-0.05, 0) is 57.9 Å². The fraction of sp³-hybridized carbons (Fsp3) is 0.370. The van der Waals surface area contributed by atoms with Crippen molar-refractivity contribution in [1.29, 1.82) is 5.26 Å². The van der Waals surface area contributed by atoms with Gasteiger partial charge in [-0.15, -0.1) is 0 Å². The second-order valence-corrected chi connectivity index (χ2v) is 10.9. The van der Waals surface area contributed by atoms with Gasteiger partial charge in [-0.1, -0.05) is 17.7 Å². The van der Waals surface area contributed by atoms with Gasteiger partial charge >= 0.3 is 12.3 Å². The van der Waals surface area contributed by atoms with Crippen LogP contribution in [0, 0.1) is 18.3 Å². The van der Waals surface area contributed by atoms with E-state index in [1.807, 2.05) is 0 Å². The second kappa shape index (κ2) is 9.38. The lowest BCUT2D eigenvalue weighted by atomic mass is 9.91. The first-order valence-corrected chi connectivity index (χ1v) is 12.6. The number of benzene rings is 1. The van der Waals surface area contributed by atoms with Gasteiger partial charge in [0.15, 0.2) is 11.3 Å². The van der Waals surface area contributed by atoms with Crippen molar-refractivity contribution in [3.05, 3.63) is 58.1 Å². The molecule has 1 unspecified atom stereocenters. The topological polar surface area (TPSA) is 96.4 Å². The third-order valence-corrected chi connectivity index (χ3v) is 6.80. The van der Waals surface area contributed by atoms with Crippen LogP contribution in [0.4, 0.5) is 18.0 Å². The highest BCUT2D eigenvalue weighted by molar-refractivity contribution is 6.31. The Hall–Kier alpha value is -3.91. The van der Waals surface area contributed by atoms with Crippen LogP contribution in [0.1, 0.15) is 55.8 Å². The van der Waals surface area contributed by atoms with Crippen LogP contribution in [0.2, 0.25) is 5.02 Å². The molecule has 1 aliphatic heterocycles. The number of halogens is 4. The van der Waals surface area contributed by atoms with Gasteiger partial charge in [0.2, 0.25) is 0 Å². The molecule has 4 aromatic rings. The number of likely N-dealkylation sites (tertiary alicyclic amines) is 1. The highest BCUT2D eigenvalue weighted by Gasteiger charge is 2.41. The van der Waals surface area contributed by atoms with E-state index in [1.165, 1.54) is 4.90 Å². The van der Waals surface area contributed by atoms with Crippen LogP contribution >= 0.6 is 11.6 Å². The first kappa shape index (κ1) is 26.7. The number of ether oxygens (including phenoxy) is 1. The van der Waals surface area contributed by atoms with Crippen molar-refractivity contribution in [3.63, 3.8) is 0 Å². The molecule has 8 nitrogen and oxygen atoms in total. The molecular formula is C27H24ClF3N6O2. The molecule has 12 heteroatoms. The largest absolute Gasteiger partial charge is 0.444 e. The van der Waals surface area contributed by atoms with E-state index in [2.05, 4.69) is 15.1 Å². The van der Waals surface area contributed by atoms with Crippen molar-refractivity contribution in [2.75, 3.05) is 13.1 Å². The van der Waals surface area contributed by atoms with Crippen LogP contribution in [-0.4, -0.2) is 49.3 Å². The molecule has 5 rings (SSSR count).